The zero-order chi connectivity index (χ0) is 19.1. The van der Waals surface area contributed by atoms with E-state index in [1.165, 1.54) is 22.4 Å². The van der Waals surface area contributed by atoms with Crippen molar-refractivity contribution in [2.45, 2.75) is 25.8 Å². The minimum absolute atomic E-state index is 0.129. The van der Waals surface area contributed by atoms with Gasteiger partial charge in [-0.25, -0.2) is 4.98 Å². The third kappa shape index (κ3) is 2.78. The van der Waals surface area contributed by atoms with Gasteiger partial charge in [0.25, 0.3) is 0 Å². The molecule has 1 N–H and O–H groups in total. The van der Waals surface area contributed by atoms with Crippen molar-refractivity contribution in [1.82, 2.24) is 14.9 Å². The van der Waals surface area contributed by atoms with Gasteiger partial charge in [0, 0.05) is 48.7 Å². The molecule has 0 saturated carbocycles. The smallest absolute Gasteiger partial charge is 0.245 e. The van der Waals surface area contributed by atoms with Gasteiger partial charge in [-0.3, -0.25) is 4.79 Å². The van der Waals surface area contributed by atoms with E-state index in [1.54, 1.807) is 6.20 Å². The lowest BCUT2D eigenvalue weighted by Crippen LogP contribution is -2.48. The number of carbonyl (C=O) groups is 1. The van der Waals surface area contributed by atoms with Gasteiger partial charge in [0.15, 0.2) is 0 Å². The molecule has 2 aliphatic rings. The molecule has 5 rings (SSSR count). The van der Waals surface area contributed by atoms with Crippen LogP contribution in [0.15, 0.2) is 54.9 Å². The van der Waals surface area contributed by atoms with Crippen LogP contribution in [0.1, 0.15) is 24.5 Å². The quantitative estimate of drug-likeness (QED) is 0.764. The lowest BCUT2D eigenvalue weighted by molar-refractivity contribution is -0.131. The van der Waals surface area contributed by atoms with Gasteiger partial charge in [0.1, 0.15) is 11.7 Å². The first-order valence-corrected chi connectivity index (χ1v) is 9.97. The van der Waals surface area contributed by atoms with Crippen molar-refractivity contribution in [3.05, 3.63) is 66.0 Å². The first-order valence-electron chi connectivity index (χ1n) is 9.97. The van der Waals surface area contributed by atoms with Gasteiger partial charge < -0.3 is 14.8 Å². The fourth-order valence-electron chi connectivity index (χ4n) is 4.50. The molecule has 0 bridgehead atoms. The Balaban J connectivity index is 1.32. The maximum absolute atomic E-state index is 13.1. The van der Waals surface area contributed by atoms with Crippen molar-refractivity contribution in [1.29, 1.82) is 0 Å². The number of anilines is 1. The number of hydrogen-bond acceptors (Lipinski definition) is 3. The number of rotatable bonds is 3. The molecule has 5 heteroatoms. The number of amides is 1. The van der Waals surface area contributed by atoms with Crippen LogP contribution < -0.4 is 4.90 Å². The second-order valence-corrected chi connectivity index (χ2v) is 7.61. The maximum Gasteiger partial charge on any atom is 0.245 e. The molecule has 2 aromatic heterocycles. The Bertz CT molecular complexity index is 1070. The topological polar surface area (TPSA) is 52.2 Å². The summed E-state index contributed by atoms with van der Waals surface area (Å²) in [6, 6.07) is 12.4. The van der Waals surface area contributed by atoms with Crippen molar-refractivity contribution in [3.63, 3.8) is 0 Å². The molecular formula is C23H24N4O. The van der Waals surface area contributed by atoms with Gasteiger partial charge in [0.05, 0.1) is 0 Å². The standard InChI is InChI=1S/C23H24N4O/c1-16(27-14-10-18-5-2-3-7-21(18)27)23(28)26-12-8-17(9-13-26)20-15-25-22-19(20)6-4-11-24-22/h2-8,11,15-16H,9-10,12-14H2,1H3,(H,24,25). The molecule has 142 valence electrons. The van der Waals surface area contributed by atoms with Crippen LogP contribution in [-0.2, 0) is 11.2 Å². The van der Waals surface area contributed by atoms with Gasteiger partial charge in [-0.1, -0.05) is 24.3 Å². The number of aromatic nitrogens is 2. The van der Waals surface area contributed by atoms with Gasteiger partial charge >= 0.3 is 0 Å². The number of fused-ring (bicyclic) bond motifs is 2. The number of aromatic amines is 1. The Labute approximate surface area is 164 Å². The number of benzene rings is 1. The summed E-state index contributed by atoms with van der Waals surface area (Å²) in [7, 11) is 0. The highest BCUT2D eigenvalue weighted by Crippen LogP contribution is 2.31. The Kier molecular flexibility index (Phi) is 4.15. The molecule has 4 heterocycles. The predicted molar refractivity (Wildman–Crippen MR) is 112 cm³/mol. The summed E-state index contributed by atoms with van der Waals surface area (Å²) in [4.78, 5) is 25.0. The Hall–Kier alpha value is -3.08. The average Bonchev–Trinajstić information content (AvgIpc) is 3.37. The lowest BCUT2D eigenvalue weighted by atomic mass is 9.99. The second-order valence-electron chi connectivity index (χ2n) is 7.61. The number of H-pyrrole nitrogens is 1. The highest BCUT2D eigenvalue weighted by molar-refractivity contribution is 5.92. The van der Waals surface area contributed by atoms with Crippen LogP contribution >= 0.6 is 0 Å². The Morgan fingerprint density at radius 2 is 2.04 bits per heavy atom. The Morgan fingerprint density at radius 1 is 1.14 bits per heavy atom. The number of pyridine rings is 1. The summed E-state index contributed by atoms with van der Waals surface area (Å²) < 4.78 is 0. The summed E-state index contributed by atoms with van der Waals surface area (Å²) in [6.07, 6.45) is 7.92. The van der Waals surface area contributed by atoms with E-state index in [0.717, 1.165) is 37.0 Å². The normalized spacial score (nSPS) is 17.5. The summed E-state index contributed by atoms with van der Waals surface area (Å²) in [5.41, 5.74) is 5.97. The van der Waals surface area contributed by atoms with Crippen LogP contribution in [0.4, 0.5) is 5.69 Å². The third-order valence-electron chi connectivity index (χ3n) is 6.07. The number of nitrogens with one attached hydrogen (secondary N) is 1. The monoisotopic (exact) mass is 372 g/mol. The Morgan fingerprint density at radius 3 is 2.89 bits per heavy atom. The van der Waals surface area contributed by atoms with E-state index in [2.05, 4.69) is 51.3 Å². The van der Waals surface area contributed by atoms with Crippen molar-refractivity contribution in [2.75, 3.05) is 24.5 Å². The molecule has 3 aromatic rings. The molecule has 0 aliphatic carbocycles. The lowest BCUT2D eigenvalue weighted by Gasteiger charge is -2.33. The SMILES string of the molecule is CC(C(=O)N1CC=C(c2c[nH]c3ncccc23)CC1)N1CCc2ccccc21. The van der Waals surface area contributed by atoms with Gasteiger partial charge in [0.2, 0.25) is 5.91 Å². The fourth-order valence-corrected chi connectivity index (χ4v) is 4.50. The third-order valence-corrected chi connectivity index (χ3v) is 6.07. The molecule has 0 saturated heterocycles. The van der Waals surface area contributed by atoms with E-state index in [4.69, 9.17) is 0 Å². The molecule has 1 atom stereocenters. The van der Waals surface area contributed by atoms with Crippen molar-refractivity contribution < 1.29 is 4.79 Å². The van der Waals surface area contributed by atoms with Crippen LogP contribution in [0.3, 0.4) is 0 Å². The van der Waals surface area contributed by atoms with E-state index in [9.17, 15) is 4.79 Å². The van der Waals surface area contributed by atoms with Gasteiger partial charge in [-0.05, 0) is 49.1 Å². The largest absolute Gasteiger partial charge is 0.359 e. The molecule has 1 aromatic carbocycles. The van der Waals surface area contributed by atoms with Gasteiger partial charge in [-0.15, -0.1) is 0 Å². The minimum atomic E-state index is -0.129. The fraction of sp³-hybridized carbons (Fsp3) is 0.304. The summed E-state index contributed by atoms with van der Waals surface area (Å²) in [6.45, 7) is 4.39. The van der Waals surface area contributed by atoms with Crippen LogP contribution in [0.25, 0.3) is 16.6 Å². The summed E-state index contributed by atoms with van der Waals surface area (Å²) >= 11 is 0. The highest BCUT2D eigenvalue weighted by Gasteiger charge is 2.31. The summed E-state index contributed by atoms with van der Waals surface area (Å²) in [5.74, 6) is 0.215. The van der Waals surface area contributed by atoms with E-state index < -0.39 is 0 Å². The molecular weight excluding hydrogens is 348 g/mol. The molecule has 2 aliphatic heterocycles. The molecule has 1 amide bonds. The van der Waals surface area contributed by atoms with Crippen LogP contribution in [0.5, 0.6) is 0 Å². The van der Waals surface area contributed by atoms with E-state index >= 15 is 0 Å². The molecule has 28 heavy (non-hydrogen) atoms. The molecule has 0 spiro atoms. The molecule has 5 nitrogen and oxygen atoms in total. The zero-order valence-electron chi connectivity index (χ0n) is 16.1. The number of nitrogens with zero attached hydrogens (tertiary/aromatic N) is 3. The second kappa shape index (κ2) is 6.82. The van der Waals surface area contributed by atoms with Gasteiger partial charge in [-0.2, -0.15) is 0 Å². The van der Waals surface area contributed by atoms with Crippen molar-refractivity contribution in [2.24, 2.45) is 0 Å². The highest BCUT2D eigenvalue weighted by atomic mass is 16.2. The zero-order valence-corrected chi connectivity index (χ0v) is 16.1. The maximum atomic E-state index is 13.1. The van der Waals surface area contributed by atoms with E-state index in [0.29, 0.717) is 6.54 Å². The van der Waals surface area contributed by atoms with Crippen molar-refractivity contribution in [3.8, 4) is 0 Å². The van der Waals surface area contributed by atoms with E-state index in [1.807, 2.05) is 24.1 Å². The predicted octanol–water partition coefficient (Wildman–Crippen LogP) is 3.63. The van der Waals surface area contributed by atoms with E-state index in [-0.39, 0.29) is 11.9 Å². The average molecular weight is 372 g/mol. The van der Waals surface area contributed by atoms with Crippen LogP contribution in [0.2, 0.25) is 0 Å². The molecule has 1 unspecified atom stereocenters. The van der Waals surface area contributed by atoms with Crippen LogP contribution in [-0.4, -0.2) is 46.5 Å². The molecule has 0 fully saturated rings. The summed E-state index contributed by atoms with van der Waals surface area (Å²) in [5, 5.41) is 1.15. The van der Waals surface area contributed by atoms with Crippen molar-refractivity contribution >= 4 is 28.2 Å². The minimum Gasteiger partial charge on any atom is -0.359 e. The first kappa shape index (κ1) is 17.0. The number of hydrogen-bond donors (Lipinski definition) is 1. The first-order chi connectivity index (χ1) is 13.7. The number of carbonyl (C=O) groups excluding carboxylic acids is 1. The number of para-hydroxylation sites is 1. The van der Waals surface area contributed by atoms with Crippen LogP contribution in [0, 0.1) is 0 Å². The molecule has 0 radical (unpaired) electrons.